The zero-order valence-corrected chi connectivity index (χ0v) is 14.6. The Bertz CT molecular complexity index is 731. The Hall–Kier alpha value is -1.88. The van der Waals surface area contributed by atoms with E-state index in [1.165, 1.54) is 6.42 Å². The van der Waals surface area contributed by atoms with Crippen molar-refractivity contribution >= 4 is 27.5 Å². The van der Waals surface area contributed by atoms with Crippen LogP contribution in [0.25, 0.3) is 0 Å². The maximum absolute atomic E-state index is 12.1. The molecule has 0 spiro atoms. The summed E-state index contributed by atoms with van der Waals surface area (Å²) < 4.78 is 6.70. The van der Waals surface area contributed by atoms with Gasteiger partial charge in [0.2, 0.25) is 0 Å². The number of aryl methyl sites for hydroxylation is 2. The average Bonchev–Trinajstić information content (AvgIpc) is 2.56. The summed E-state index contributed by atoms with van der Waals surface area (Å²) in [5.74, 6) is 0.622. The Balaban J connectivity index is 1.62. The van der Waals surface area contributed by atoms with Crippen LogP contribution in [0.4, 0.5) is 5.69 Å². The van der Waals surface area contributed by atoms with E-state index in [4.69, 9.17) is 4.74 Å². The molecular weight excluding hydrogens is 356 g/mol. The van der Waals surface area contributed by atoms with E-state index in [0.717, 1.165) is 52.0 Å². The molecule has 3 rings (SSSR count). The minimum absolute atomic E-state index is 0.00193. The second-order valence-corrected chi connectivity index (χ2v) is 6.60. The molecule has 1 aromatic carbocycles. The van der Waals surface area contributed by atoms with Gasteiger partial charge in [0.25, 0.3) is 5.91 Å². The third-order valence-electron chi connectivity index (χ3n) is 4.01. The van der Waals surface area contributed by atoms with E-state index in [0.29, 0.717) is 0 Å². The molecule has 0 fully saturated rings. The van der Waals surface area contributed by atoms with Gasteiger partial charge in [0.15, 0.2) is 6.61 Å². The van der Waals surface area contributed by atoms with Gasteiger partial charge in [-0.15, -0.1) is 0 Å². The lowest BCUT2D eigenvalue weighted by Crippen LogP contribution is -2.21. The van der Waals surface area contributed by atoms with Gasteiger partial charge in [0.1, 0.15) is 5.75 Å². The monoisotopic (exact) mass is 374 g/mol. The smallest absolute Gasteiger partial charge is 0.262 e. The molecule has 0 saturated carbocycles. The lowest BCUT2D eigenvalue weighted by molar-refractivity contribution is -0.118. The van der Waals surface area contributed by atoms with E-state index >= 15 is 0 Å². The largest absolute Gasteiger partial charge is 0.483 e. The third kappa shape index (κ3) is 3.91. The van der Waals surface area contributed by atoms with Crippen LogP contribution in [0, 0.1) is 6.92 Å². The fourth-order valence-electron chi connectivity index (χ4n) is 2.74. The Morgan fingerprint density at radius 2 is 2.13 bits per heavy atom. The van der Waals surface area contributed by atoms with Crippen LogP contribution in [0.2, 0.25) is 0 Å². The van der Waals surface area contributed by atoms with Crippen LogP contribution in [-0.4, -0.2) is 17.5 Å². The topological polar surface area (TPSA) is 51.2 Å². The maximum Gasteiger partial charge on any atom is 0.262 e. The summed E-state index contributed by atoms with van der Waals surface area (Å²) in [5, 5.41) is 2.85. The van der Waals surface area contributed by atoms with Crippen LogP contribution in [-0.2, 0) is 17.6 Å². The zero-order valence-electron chi connectivity index (χ0n) is 13.1. The number of nitrogens with one attached hydrogen (secondary N) is 1. The highest BCUT2D eigenvalue weighted by molar-refractivity contribution is 9.10. The lowest BCUT2D eigenvalue weighted by atomic mass is 9.95. The molecule has 0 unspecified atom stereocenters. The number of hydrogen-bond acceptors (Lipinski definition) is 3. The van der Waals surface area contributed by atoms with E-state index < -0.39 is 0 Å². The van der Waals surface area contributed by atoms with Crippen molar-refractivity contribution in [1.29, 1.82) is 0 Å². The molecule has 2 aromatic rings. The summed E-state index contributed by atoms with van der Waals surface area (Å²) in [4.78, 5) is 16.5. The minimum atomic E-state index is -0.165. The van der Waals surface area contributed by atoms with Crippen molar-refractivity contribution in [2.75, 3.05) is 11.9 Å². The molecule has 1 N–H and O–H groups in total. The number of pyridine rings is 1. The van der Waals surface area contributed by atoms with Crippen molar-refractivity contribution in [2.24, 2.45) is 0 Å². The molecule has 0 bridgehead atoms. The number of aromatic nitrogens is 1. The van der Waals surface area contributed by atoms with E-state index in [9.17, 15) is 4.79 Å². The van der Waals surface area contributed by atoms with Gasteiger partial charge in [-0.25, -0.2) is 0 Å². The number of rotatable bonds is 4. The second-order valence-electron chi connectivity index (χ2n) is 5.74. The number of halogens is 1. The molecule has 0 saturated heterocycles. The average molecular weight is 375 g/mol. The van der Waals surface area contributed by atoms with Crippen molar-refractivity contribution < 1.29 is 9.53 Å². The highest BCUT2D eigenvalue weighted by Gasteiger charge is 2.16. The van der Waals surface area contributed by atoms with Gasteiger partial charge in [-0.1, -0.05) is 22.0 Å². The van der Waals surface area contributed by atoms with Crippen LogP contribution in [0.1, 0.15) is 29.7 Å². The van der Waals surface area contributed by atoms with Gasteiger partial charge in [0.05, 0.1) is 0 Å². The first kappa shape index (κ1) is 16.0. The number of ether oxygens (including phenoxy) is 1. The van der Waals surface area contributed by atoms with Gasteiger partial charge in [-0.2, -0.15) is 0 Å². The molecular formula is C18H19BrN2O2. The van der Waals surface area contributed by atoms with Crippen LogP contribution in [0.15, 0.2) is 34.9 Å². The molecule has 1 aromatic heterocycles. The Morgan fingerprint density at radius 1 is 1.30 bits per heavy atom. The SMILES string of the molecule is Cc1ccc(NC(=O)COc2ccnc3c2CCCC3)cc1Br. The number of amides is 1. The number of fused-ring (bicyclic) bond motifs is 1. The van der Waals surface area contributed by atoms with Crippen molar-refractivity contribution in [3.63, 3.8) is 0 Å². The molecule has 1 heterocycles. The van der Waals surface area contributed by atoms with E-state index in [-0.39, 0.29) is 12.5 Å². The van der Waals surface area contributed by atoms with Crippen molar-refractivity contribution in [2.45, 2.75) is 32.6 Å². The van der Waals surface area contributed by atoms with Crippen molar-refractivity contribution in [3.8, 4) is 5.75 Å². The Labute approximate surface area is 144 Å². The summed E-state index contributed by atoms with van der Waals surface area (Å²) in [5.41, 5.74) is 4.15. The molecule has 0 atom stereocenters. The molecule has 1 aliphatic rings. The number of hydrogen-bond donors (Lipinski definition) is 1. The summed E-state index contributed by atoms with van der Waals surface area (Å²) in [6, 6.07) is 7.58. The summed E-state index contributed by atoms with van der Waals surface area (Å²) >= 11 is 3.46. The predicted molar refractivity (Wildman–Crippen MR) is 93.9 cm³/mol. The fraction of sp³-hybridized carbons (Fsp3) is 0.333. The van der Waals surface area contributed by atoms with Crippen LogP contribution >= 0.6 is 15.9 Å². The van der Waals surface area contributed by atoms with E-state index in [1.807, 2.05) is 31.2 Å². The van der Waals surface area contributed by atoms with Gasteiger partial charge in [-0.3, -0.25) is 9.78 Å². The highest BCUT2D eigenvalue weighted by atomic mass is 79.9. The summed E-state index contributed by atoms with van der Waals surface area (Å²) in [7, 11) is 0. The molecule has 23 heavy (non-hydrogen) atoms. The van der Waals surface area contributed by atoms with Gasteiger partial charge >= 0.3 is 0 Å². The van der Waals surface area contributed by atoms with Gasteiger partial charge < -0.3 is 10.1 Å². The zero-order chi connectivity index (χ0) is 16.2. The summed E-state index contributed by atoms with van der Waals surface area (Å²) in [6.45, 7) is 2.01. The van der Waals surface area contributed by atoms with Gasteiger partial charge in [-0.05, 0) is 56.4 Å². The van der Waals surface area contributed by atoms with E-state index in [2.05, 4.69) is 26.2 Å². The summed E-state index contributed by atoms with van der Waals surface area (Å²) in [6.07, 6.45) is 6.06. The number of carbonyl (C=O) groups excluding carboxylic acids is 1. The molecule has 4 nitrogen and oxygen atoms in total. The predicted octanol–water partition coefficient (Wildman–Crippen LogP) is 4.05. The normalized spacial score (nSPS) is 13.3. The van der Waals surface area contributed by atoms with Crippen LogP contribution < -0.4 is 10.1 Å². The molecule has 1 amide bonds. The maximum atomic E-state index is 12.1. The first-order chi connectivity index (χ1) is 11.1. The number of carbonyl (C=O) groups is 1. The van der Waals surface area contributed by atoms with Crippen LogP contribution in [0.5, 0.6) is 5.75 Å². The minimum Gasteiger partial charge on any atom is -0.483 e. The Kier molecular flexibility index (Phi) is 4.96. The fourth-order valence-corrected chi connectivity index (χ4v) is 3.12. The molecule has 1 aliphatic carbocycles. The lowest BCUT2D eigenvalue weighted by Gasteiger charge is -2.18. The van der Waals surface area contributed by atoms with Crippen molar-refractivity contribution in [3.05, 3.63) is 51.8 Å². The molecule has 0 aliphatic heterocycles. The quantitative estimate of drug-likeness (QED) is 0.877. The van der Waals surface area contributed by atoms with Crippen molar-refractivity contribution in [1.82, 2.24) is 4.98 Å². The third-order valence-corrected chi connectivity index (χ3v) is 4.86. The van der Waals surface area contributed by atoms with Crippen LogP contribution in [0.3, 0.4) is 0 Å². The number of benzene rings is 1. The second kappa shape index (κ2) is 7.13. The first-order valence-electron chi connectivity index (χ1n) is 7.79. The van der Waals surface area contributed by atoms with E-state index in [1.54, 1.807) is 6.20 Å². The highest BCUT2D eigenvalue weighted by Crippen LogP contribution is 2.28. The van der Waals surface area contributed by atoms with Gasteiger partial charge in [0, 0.05) is 27.6 Å². The standard InChI is InChI=1S/C18H19BrN2O2/c1-12-6-7-13(10-15(12)19)21-18(22)11-23-17-8-9-20-16-5-3-2-4-14(16)17/h6-10H,2-5,11H2,1H3,(H,21,22). The molecule has 5 heteroatoms. The number of anilines is 1. The molecule has 120 valence electrons. The first-order valence-corrected chi connectivity index (χ1v) is 8.58. The number of nitrogens with zero attached hydrogens (tertiary/aromatic N) is 1. The molecule has 0 radical (unpaired) electrons. The Morgan fingerprint density at radius 3 is 2.96 bits per heavy atom.